The Bertz CT molecular complexity index is 182. The van der Waals surface area contributed by atoms with Gasteiger partial charge in [0, 0.05) is 25.7 Å². The Morgan fingerprint density at radius 2 is 1.76 bits per heavy atom. The summed E-state index contributed by atoms with van der Waals surface area (Å²) in [6.45, 7) is 2.92. The molecule has 0 spiro atoms. The molecule has 1 aliphatic rings. The van der Waals surface area contributed by atoms with E-state index in [2.05, 4.69) is 15.9 Å². The average Bonchev–Trinajstić information content (AvgIpc) is 2.39. The van der Waals surface area contributed by atoms with Gasteiger partial charge in [0.15, 0.2) is 0 Å². The summed E-state index contributed by atoms with van der Waals surface area (Å²) in [5, 5.41) is 0.963. The second-order valence-corrected chi connectivity index (χ2v) is 5.25. The number of methoxy groups -OCH3 is 1. The van der Waals surface area contributed by atoms with Crippen LogP contribution in [-0.2, 0) is 14.2 Å². The molecular formula is C13H25BrO3. The molecule has 0 amide bonds. The highest BCUT2D eigenvalue weighted by Crippen LogP contribution is 2.33. The van der Waals surface area contributed by atoms with E-state index in [4.69, 9.17) is 14.2 Å². The van der Waals surface area contributed by atoms with Gasteiger partial charge in [0.25, 0.3) is 0 Å². The van der Waals surface area contributed by atoms with E-state index in [0.717, 1.165) is 25.0 Å². The van der Waals surface area contributed by atoms with Gasteiger partial charge in [-0.15, -0.1) is 0 Å². The second-order valence-electron chi connectivity index (χ2n) is 4.68. The Kier molecular flexibility index (Phi) is 8.44. The fourth-order valence-corrected chi connectivity index (χ4v) is 2.93. The molecule has 17 heavy (non-hydrogen) atoms. The molecule has 4 heteroatoms. The molecule has 1 fully saturated rings. The molecule has 0 heterocycles. The highest BCUT2D eigenvalue weighted by atomic mass is 79.9. The quantitative estimate of drug-likeness (QED) is 0.484. The van der Waals surface area contributed by atoms with E-state index < -0.39 is 0 Å². The van der Waals surface area contributed by atoms with E-state index in [1.165, 1.54) is 32.1 Å². The van der Waals surface area contributed by atoms with Crippen molar-refractivity contribution in [3.8, 4) is 0 Å². The molecule has 1 saturated carbocycles. The maximum atomic E-state index is 6.07. The lowest BCUT2D eigenvalue weighted by Crippen LogP contribution is -2.37. The average molecular weight is 309 g/mol. The summed E-state index contributed by atoms with van der Waals surface area (Å²) < 4.78 is 16.4. The van der Waals surface area contributed by atoms with Crippen molar-refractivity contribution in [3.63, 3.8) is 0 Å². The molecule has 0 bridgehead atoms. The number of ether oxygens (including phenoxy) is 3. The molecule has 0 aromatic rings. The van der Waals surface area contributed by atoms with E-state index in [1.54, 1.807) is 7.11 Å². The molecule has 0 aromatic heterocycles. The Balaban J connectivity index is 2.03. The third-order valence-electron chi connectivity index (χ3n) is 3.28. The van der Waals surface area contributed by atoms with Crippen LogP contribution in [0.3, 0.4) is 0 Å². The molecule has 0 aliphatic heterocycles. The van der Waals surface area contributed by atoms with Crippen molar-refractivity contribution in [2.45, 2.75) is 44.1 Å². The normalized spacial score (nSPS) is 19.4. The zero-order valence-corrected chi connectivity index (χ0v) is 12.5. The molecule has 0 aromatic carbocycles. The summed E-state index contributed by atoms with van der Waals surface area (Å²) in [4.78, 5) is 0. The highest BCUT2D eigenvalue weighted by Gasteiger charge is 2.31. The molecule has 0 radical (unpaired) electrons. The van der Waals surface area contributed by atoms with E-state index >= 15 is 0 Å². The molecule has 3 nitrogen and oxygen atoms in total. The van der Waals surface area contributed by atoms with Gasteiger partial charge >= 0.3 is 0 Å². The van der Waals surface area contributed by atoms with Crippen LogP contribution in [0.1, 0.15) is 38.5 Å². The predicted octanol–water partition coefficient (Wildman–Crippen LogP) is 3.15. The minimum Gasteiger partial charge on any atom is -0.382 e. The van der Waals surface area contributed by atoms with Gasteiger partial charge in [-0.3, -0.25) is 0 Å². The van der Waals surface area contributed by atoms with Crippen LogP contribution in [-0.4, -0.2) is 44.5 Å². The van der Waals surface area contributed by atoms with Gasteiger partial charge in [-0.05, 0) is 19.3 Å². The third kappa shape index (κ3) is 6.18. The smallest absolute Gasteiger partial charge is 0.0778 e. The fraction of sp³-hybridized carbons (Fsp3) is 1.00. The standard InChI is InChI=1S/C13H25BrO3/c1-15-10-11-16-8-5-9-17-13(12-14)6-3-2-4-7-13/h2-12H2,1H3. The summed E-state index contributed by atoms with van der Waals surface area (Å²) in [7, 11) is 1.69. The van der Waals surface area contributed by atoms with Crippen LogP contribution >= 0.6 is 15.9 Å². The fourth-order valence-electron chi connectivity index (χ4n) is 2.21. The molecular weight excluding hydrogens is 284 g/mol. The van der Waals surface area contributed by atoms with Gasteiger partial charge in [0.05, 0.1) is 18.8 Å². The van der Waals surface area contributed by atoms with Gasteiger partial charge < -0.3 is 14.2 Å². The Morgan fingerprint density at radius 3 is 2.41 bits per heavy atom. The van der Waals surface area contributed by atoms with Gasteiger partial charge in [0.1, 0.15) is 0 Å². The first kappa shape index (κ1) is 15.4. The van der Waals surface area contributed by atoms with E-state index in [9.17, 15) is 0 Å². The number of hydrogen-bond acceptors (Lipinski definition) is 3. The molecule has 0 unspecified atom stereocenters. The maximum absolute atomic E-state index is 6.07. The monoisotopic (exact) mass is 308 g/mol. The molecule has 102 valence electrons. The van der Waals surface area contributed by atoms with Crippen molar-refractivity contribution in [1.29, 1.82) is 0 Å². The Hall–Kier alpha value is 0.360. The number of halogens is 1. The van der Waals surface area contributed by atoms with Crippen molar-refractivity contribution < 1.29 is 14.2 Å². The maximum Gasteiger partial charge on any atom is 0.0778 e. The van der Waals surface area contributed by atoms with Crippen LogP contribution in [0.25, 0.3) is 0 Å². The number of rotatable bonds is 9. The summed E-state index contributed by atoms with van der Waals surface area (Å²) in [5.74, 6) is 0. The summed E-state index contributed by atoms with van der Waals surface area (Å²) >= 11 is 3.60. The first-order valence-corrected chi connectivity index (χ1v) is 7.72. The third-order valence-corrected chi connectivity index (χ3v) is 4.30. The lowest BCUT2D eigenvalue weighted by Gasteiger charge is -2.35. The van der Waals surface area contributed by atoms with Crippen molar-refractivity contribution in [1.82, 2.24) is 0 Å². The minimum absolute atomic E-state index is 0.102. The molecule has 0 atom stereocenters. The van der Waals surface area contributed by atoms with Crippen LogP contribution in [0.5, 0.6) is 0 Å². The van der Waals surface area contributed by atoms with Gasteiger partial charge in [-0.25, -0.2) is 0 Å². The van der Waals surface area contributed by atoms with Gasteiger partial charge in [0.2, 0.25) is 0 Å². The second kappa shape index (κ2) is 9.31. The van der Waals surface area contributed by atoms with Gasteiger partial charge in [-0.1, -0.05) is 35.2 Å². The highest BCUT2D eigenvalue weighted by molar-refractivity contribution is 9.09. The van der Waals surface area contributed by atoms with Crippen LogP contribution in [0.4, 0.5) is 0 Å². The van der Waals surface area contributed by atoms with Crippen molar-refractivity contribution in [2.24, 2.45) is 0 Å². The molecule has 1 rings (SSSR count). The van der Waals surface area contributed by atoms with Crippen LogP contribution in [0.2, 0.25) is 0 Å². The Labute approximate surface area is 113 Å². The zero-order chi connectivity index (χ0) is 12.4. The number of alkyl halides is 1. The zero-order valence-electron chi connectivity index (χ0n) is 10.9. The summed E-state index contributed by atoms with van der Waals surface area (Å²) in [5.41, 5.74) is 0.102. The minimum atomic E-state index is 0.102. The van der Waals surface area contributed by atoms with Crippen LogP contribution in [0.15, 0.2) is 0 Å². The first-order valence-electron chi connectivity index (χ1n) is 6.59. The van der Waals surface area contributed by atoms with Gasteiger partial charge in [-0.2, -0.15) is 0 Å². The largest absolute Gasteiger partial charge is 0.382 e. The summed E-state index contributed by atoms with van der Waals surface area (Å²) in [6, 6.07) is 0. The van der Waals surface area contributed by atoms with E-state index in [1.807, 2.05) is 0 Å². The van der Waals surface area contributed by atoms with Crippen molar-refractivity contribution in [3.05, 3.63) is 0 Å². The molecule has 0 saturated heterocycles. The number of hydrogen-bond donors (Lipinski definition) is 0. The lowest BCUT2D eigenvalue weighted by molar-refractivity contribution is -0.0587. The van der Waals surface area contributed by atoms with Crippen molar-refractivity contribution >= 4 is 15.9 Å². The Morgan fingerprint density at radius 1 is 1.00 bits per heavy atom. The van der Waals surface area contributed by atoms with E-state index in [-0.39, 0.29) is 5.60 Å². The van der Waals surface area contributed by atoms with E-state index in [0.29, 0.717) is 13.2 Å². The lowest BCUT2D eigenvalue weighted by atomic mass is 9.86. The summed E-state index contributed by atoms with van der Waals surface area (Å²) in [6.07, 6.45) is 7.33. The molecule has 0 N–H and O–H groups in total. The topological polar surface area (TPSA) is 27.7 Å². The SMILES string of the molecule is COCCOCCCOC1(CBr)CCCCC1. The first-order chi connectivity index (χ1) is 8.33. The molecule has 1 aliphatic carbocycles. The van der Waals surface area contributed by atoms with Crippen LogP contribution in [0, 0.1) is 0 Å². The van der Waals surface area contributed by atoms with Crippen molar-refractivity contribution in [2.75, 3.05) is 38.9 Å². The van der Waals surface area contributed by atoms with Crippen LogP contribution < -0.4 is 0 Å². The predicted molar refractivity (Wildman–Crippen MR) is 72.9 cm³/mol.